The molecular weight excluding hydrogens is 426 g/mol. The largest absolute Gasteiger partial charge is 0.497 e. The number of fused-ring (bicyclic) bond motifs is 1. The van der Waals surface area contributed by atoms with Crippen LogP contribution in [0.1, 0.15) is 35.1 Å². The van der Waals surface area contributed by atoms with Crippen molar-refractivity contribution in [3.05, 3.63) is 100 Å². The number of rotatable bonds is 3. The molecule has 0 spiro atoms. The molecule has 3 nitrogen and oxygen atoms in total. The van der Waals surface area contributed by atoms with Gasteiger partial charge in [0, 0.05) is 27.6 Å². The van der Waals surface area contributed by atoms with Crippen LogP contribution in [0.4, 0.5) is 5.69 Å². The van der Waals surface area contributed by atoms with Crippen LogP contribution < -0.4 is 10.1 Å². The number of anilines is 1. The first kappa shape index (κ1) is 20.2. The number of methoxy groups -OCH3 is 1. The summed E-state index contributed by atoms with van der Waals surface area (Å²) in [6.45, 7) is 0. The summed E-state index contributed by atoms with van der Waals surface area (Å²) in [5.74, 6) is 1.17. The summed E-state index contributed by atoms with van der Waals surface area (Å²) >= 11 is 7.86. The number of halogens is 1. The Morgan fingerprint density at radius 3 is 2.39 bits per heavy atom. The van der Waals surface area contributed by atoms with Crippen molar-refractivity contribution >= 4 is 34.8 Å². The fourth-order valence-electron chi connectivity index (χ4n) is 4.36. The number of carbonyl (C=O) groups excluding carboxylic acids is 1. The Balaban J connectivity index is 1.57. The second-order valence-electron chi connectivity index (χ2n) is 7.86. The molecule has 1 heterocycles. The van der Waals surface area contributed by atoms with Gasteiger partial charge < -0.3 is 10.1 Å². The highest BCUT2D eigenvalue weighted by molar-refractivity contribution is 8.00. The minimum Gasteiger partial charge on any atom is -0.497 e. The van der Waals surface area contributed by atoms with Crippen LogP contribution in [0.25, 0.3) is 0 Å². The summed E-state index contributed by atoms with van der Waals surface area (Å²) in [5, 5.41) is 4.25. The van der Waals surface area contributed by atoms with E-state index in [9.17, 15) is 4.79 Å². The Hall–Kier alpha value is -2.69. The highest BCUT2D eigenvalue weighted by atomic mass is 35.5. The number of ketones is 1. The zero-order valence-corrected chi connectivity index (χ0v) is 18.7. The van der Waals surface area contributed by atoms with Crippen LogP contribution >= 0.6 is 23.4 Å². The molecule has 156 valence electrons. The molecule has 1 aliphatic carbocycles. The number of thioether (sulfide) groups is 1. The Morgan fingerprint density at radius 2 is 1.65 bits per heavy atom. The van der Waals surface area contributed by atoms with Gasteiger partial charge in [0.2, 0.25) is 0 Å². The van der Waals surface area contributed by atoms with E-state index in [1.807, 2.05) is 48.5 Å². The number of Topliss-reactive ketones (excluding diaryl/α,β-unsaturated/α-hetero) is 1. The van der Waals surface area contributed by atoms with Gasteiger partial charge in [-0.3, -0.25) is 4.79 Å². The number of hydrogen-bond acceptors (Lipinski definition) is 4. The molecule has 5 heteroatoms. The van der Waals surface area contributed by atoms with Crippen LogP contribution in [0.15, 0.2) is 89.0 Å². The lowest BCUT2D eigenvalue weighted by molar-refractivity contribution is -0.116. The van der Waals surface area contributed by atoms with Crippen LogP contribution in [0.3, 0.4) is 0 Å². The van der Waals surface area contributed by atoms with E-state index in [-0.39, 0.29) is 17.0 Å². The third-order valence-corrected chi connectivity index (χ3v) is 7.55. The molecule has 0 bridgehead atoms. The average Bonchev–Trinajstić information content (AvgIpc) is 2.96. The van der Waals surface area contributed by atoms with E-state index in [1.54, 1.807) is 18.9 Å². The summed E-state index contributed by atoms with van der Waals surface area (Å²) in [6, 6.07) is 24.2. The molecule has 1 N–H and O–H groups in total. The van der Waals surface area contributed by atoms with Gasteiger partial charge in [0.05, 0.1) is 18.0 Å². The maximum atomic E-state index is 13.5. The van der Waals surface area contributed by atoms with Gasteiger partial charge in [0.25, 0.3) is 0 Å². The van der Waals surface area contributed by atoms with E-state index >= 15 is 0 Å². The fourth-order valence-corrected chi connectivity index (χ4v) is 5.83. The molecule has 0 saturated heterocycles. The minimum atomic E-state index is -0.0623. The highest BCUT2D eigenvalue weighted by Gasteiger charge is 2.36. The Kier molecular flexibility index (Phi) is 5.51. The fraction of sp³-hybridized carbons (Fsp3) is 0.192. The number of para-hydroxylation sites is 1. The third-order valence-electron chi connectivity index (χ3n) is 5.95. The number of nitrogens with one attached hydrogen (secondary N) is 1. The van der Waals surface area contributed by atoms with Crippen LogP contribution in [0, 0.1) is 0 Å². The molecule has 0 aromatic heterocycles. The van der Waals surface area contributed by atoms with Gasteiger partial charge >= 0.3 is 0 Å². The third kappa shape index (κ3) is 3.98. The van der Waals surface area contributed by atoms with Gasteiger partial charge in [-0.05, 0) is 59.9 Å². The number of ether oxygens (including phenoxy) is 1. The SMILES string of the molecule is COc1ccc(C2CC(=O)C3=C(C2)Nc2ccccc2SC3c2ccc(Cl)cc2)cc1. The van der Waals surface area contributed by atoms with E-state index in [0.717, 1.165) is 45.2 Å². The Labute approximate surface area is 191 Å². The van der Waals surface area contributed by atoms with Crippen LogP contribution in [-0.2, 0) is 4.79 Å². The minimum absolute atomic E-state index is 0.0623. The van der Waals surface area contributed by atoms with Gasteiger partial charge in [-0.15, -0.1) is 11.8 Å². The van der Waals surface area contributed by atoms with Gasteiger partial charge in [0.15, 0.2) is 5.78 Å². The van der Waals surface area contributed by atoms with Gasteiger partial charge in [-0.25, -0.2) is 0 Å². The standard InChI is InChI=1S/C26H22ClNO2S/c1-30-20-12-8-16(9-13-20)18-14-22-25(23(29)15-18)26(17-6-10-19(27)11-7-17)31-24-5-3-2-4-21(24)28-22/h2-13,18,26,28H,14-15H2,1H3. The lowest BCUT2D eigenvalue weighted by Crippen LogP contribution is -2.24. The van der Waals surface area contributed by atoms with Crippen molar-refractivity contribution < 1.29 is 9.53 Å². The quantitative estimate of drug-likeness (QED) is 0.468. The smallest absolute Gasteiger partial charge is 0.162 e. The Bertz CT molecular complexity index is 1150. The molecule has 0 amide bonds. The first-order chi connectivity index (χ1) is 15.1. The van der Waals surface area contributed by atoms with E-state index in [2.05, 4.69) is 29.6 Å². The molecule has 2 unspecified atom stereocenters. The average molecular weight is 448 g/mol. The zero-order chi connectivity index (χ0) is 21.4. The summed E-state index contributed by atoms with van der Waals surface area (Å²) in [5.41, 5.74) is 5.22. The molecule has 0 saturated carbocycles. The summed E-state index contributed by atoms with van der Waals surface area (Å²) in [7, 11) is 1.66. The molecule has 0 radical (unpaired) electrons. The van der Waals surface area contributed by atoms with Crippen LogP contribution in [0.2, 0.25) is 5.02 Å². The second-order valence-corrected chi connectivity index (χ2v) is 9.45. The number of hydrogen-bond donors (Lipinski definition) is 1. The molecule has 2 aliphatic rings. The van der Waals surface area contributed by atoms with E-state index < -0.39 is 0 Å². The molecule has 1 aliphatic heterocycles. The van der Waals surface area contributed by atoms with Crippen molar-refractivity contribution in [3.8, 4) is 5.75 Å². The topological polar surface area (TPSA) is 38.3 Å². The summed E-state index contributed by atoms with van der Waals surface area (Å²) in [6.07, 6.45) is 1.31. The van der Waals surface area contributed by atoms with Crippen molar-refractivity contribution in [2.75, 3.05) is 12.4 Å². The van der Waals surface area contributed by atoms with E-state index in [0.29, 0.717) is 11.4 Å². The van der Waals surface area contributed by atoms with Crippen molar-refractivity contribution in [3.63, 3.8) is 0 Å². The highest BCUT2D eigenvalue weighted by Crippen LogP contribution is 2.51. The molecule has 3 aromatic rings. The van der Waals surface area contributed by atoms with Crippen LogP contribution in [0.5, 0.6) is 5.75 Å². The maximum absolute atomic E-state index is 13.5. The predicted octanol–water partition coefficient (Wildman–Crippen LogP) is 7.01. The molecule has 5 rings (SSSR count). The summed E-state index contributed by atoms with van der Waals surface area (Å²) in [4.78, 5) is 14.7. The number of allylic oxidation sites excluding steroid dienone is 1. The maximum Gasteiger partial charge on any atom is 0.162 e. The van der Waals surface area contributed by atoms with Crippen molar-refractivity contribution in [2.24, 2.45) is 0 Å². The number of benzene rings is 3. The first-order valence-corrected chi connectivity index (χ1v) is 11.6. The monoisotopic (exact) mass is 447 g/mol. The lowest BCUT2D eigenvalue weighted by atomic mass is 9.80. The zero-order valence-electron chi connectivity index (χ0n) is 17.1. The van der Waals surface area contributed by atoms with Crippen LogP contribution in [-0.4, -0.2) is 12.9 Å². The molecule has 0 fully saturated rings. The summed E-state index contributed by atoms with van der Waals surface area (Å²) < 4.78 is 5.29. The van der Waals surface area contributed by atoms with Crippen molar-refractivity contribution in [1.82, 2.24) is 0 Å². The molecule has 3 aromatic carbocycles. The molecular formula is C26H22ClNO2S. The predicted molar refractivity (Wildman–Crippen MR) is 127 cm³/mol. The van der Waals surface area contributed by atoms with Crippen molar-refractivity contribution in [1.29, 1.82) is 0 Å². The second kappa shape index (κ2) is 8.45. The molecule has 31 heavy (non-hydrogen) atoms. The lowest BCUT2D eigenvalue weighted by Gasteiger charge is -2.29. The van der Waals surface area contributed by atoms with Gasteiger partial charge in [-0.2, -0.15) is 0 Å². The van der Waals surface area contributed by atoms with Crippen molar-refractivity contribution in [2.45, 2.75) is 28.9 Å². The molecule has 2 atom stereocenters. The van der Waals surface area contributed by atoms with E-state index in [4.69, 9.17) is 16.3 Å². The number of carbonyl (C=O) groups is 1. The Morgan fingerprint density at radius 1 is 0.935 bits per heavy atom. The van der Waals surface area contributed by atoms with Gasteiger partial charge in [-0.1, -0.05) is 48.0 Å². The van der Waals surface area contributed by atoms with Gasteiger partial charge in [0.1, 0.15) is 5.75 Å². The normalized spacial score (nSPS) is 20.4. The van der Waals surface area contributed by atoms with E-state index in [1.165, 1.54) is 0 Å². The first-order valence-electron chi connectivity index (χ1n) is 10.3.